The van der Waals surface area contributed by atoms with E-state index in [1.54, 1.807) is 12.1 Å². The monoisotopic (exact) mass is 452 g/mol. The lowest BCUT2D eigenvalue weighted by atomic mass is 9.89. The van der Waals surface area contributed by atoms with Crippen molar-refractivity contribution in [1.29, 1.82) is 0 Å². The van der Waals surface area contributed by atoms with E-state index in [0.717, 1.165) is 17.5 Å². The molecule has 0 aromatic heterocycles. The number of hydrogen-bond donors (Lipinski definition) is 2. The summed E-state index contributed by atoms with van der Waals surface area (Å²) in [7, 11) is 0. The summed E-state index contributed by atoms with van der Waals surface area (Å²) < 4.78 is 1.10. The molecule has 0 aliphatic heterocycles. The van der Waals surface area contributed by atoms with Gasteiger partial charge in [-0.05, 0) is 73.7 Å². The largest absolute Gasteiger partial charge is 0.505 e. The number of aromatic hydroxyl groups is 2. The van der Waals surface area contributed by atoms with E-state index in [2.05, 4.69) is 31.9 Å². The predicted octanol–water partition coefficient (Wildman–Crippen LogP) is 6.47. The van der Waals surface area contributed by atoms with E-state index in [9.17, 15) is 10.2 Å². The van der Waals surface area contributed by atoms with Crippen LogP contribution in [-0.4, -0.2) is 10.2 Å². The Balaban J connectivity index is 2.54. The van der Waals surface area contributed by atoms with Gasteiger partial charge < -0.3 is 10.2 Å². The third-order valence-corrected chi connectivity index (χ3v) is 5.08. The Bertz CT molecular complexity index is 586. The van der Waals surface area contributed by atoms with E-state index in [-0.39, 0.29) is 17.4 Å². The van der Waals surface area contributed by atoms with Crippen LogP contribution in [0.25, 0.3) is 0 Å². The molecule has 2 nitrogen and oxygen atoms in total. The van der Waals surface area contributed by atoms with Gasteiger partial charge in [-0.25, -0.2) is 0 Å². The third-order valence-electron chi connectivity index (χ3n) is 3.29. The van der Waals surface area contributed by atoms with Crippen molar-refractivity contribution in [2.24, 2.45) is 0 Å². The molecular formula is C15H12Br2Cl2O2. The number of benzene rings is 2. The van der Waals surface area contributed by atoms with Crippen LogP contribution < -0.4 is 0 Å². The van der Waals surface area contributed by atoms with E-state index in [4.69, 9.17) is 23.2 Å². The molecule has 0 bridgehead atoms. The molecule has 2 N–H and O–H groups in total. The van der Waals surface area contributed by atoms with Gasteiger partial charge in [-0.3, -0.25) is 0 Å². The number of rotatable bonds is 3. The minimum absolute atomic E-state index is 0.0280. The summed E-state index contributed by atoms with van der Waals surface area (Å²) in [5, 5.41) is 20.1. The van der Waals surface area contributed by atoms with Gasteiger partial charge in [-0.2, -0.15) is 0 Å². The van der Waals surface area contributed by atoms with Crippen molar-refractivity contribution in [3.05, 3.63) is 54.4 Å². The van der Waals surface area contributed by atoms with Gasteiger partial charge >= 0.3 is 0 Å². The van der Waals surface area contributed by atoms with Gasteiger partial charge in [0.2, 0.25) is 0 Å². The number of halogens is 4. The molecule has 0 fully saturated rings. The molecule has 2 rings (SSSR count). The van der Waals surface area contributed by atoms with Crippen LogP contribution in [0.1, 0.15) is 30.4 Å². The highest BCUT2D eigenvalue weighted by molar-refractivity contribution is 9.10. The molecule has 0 unspecified atom stereocenters. The number of phenols is 2. The predicted molar refractivity (Wildman–Crippen MR) is 93.8 cm³/mol. The molecule has 112 valence electrons. The lowest BCUT2D eigenvalue weighted by molar-refractivity contribution is 0.471. The van der Waals surface area contributed by atoms with E-state index >= 15 is 0 Å². The Morgan fingerprint density at radius 1 is 0.905 bits per heavy atom. The fourth-order valence-corrected chi connectivity index (χ4v) is 3.88. The molecule has 0 aliphatic rings. The molecule has 0 heterocycles. The van der Waals surface area contributed by atoms with Gasteiger partial charge in [0.05, 0.1) is 19.0 Å². The van der Waals surface area contributed by atoms with E-state index in [1.807, 2.05) is 19.1 Å². The molecule has 2 aromatic rings. The lowest BCUT2D eigenvalue weighted by Gasteiger charge is -2.18. The Labute approximate surface area is 150 Å². The van der Waals surface area contributed by atoms with Gasteiger partial charge in [0, 0.05) is 5.92 Å². The van der Waals surface area contributed by atoms with Crippen LogP contribution >= 0.6 is 55.1 Å². The highest BCUT2D eigenvalue weighted by Gasteiger charge is 2.18. The maximum absolute atomic E-state index is 9.74. The van der Waals surface area contributed by atoms with Crippen LogP contribution in [0.2, 0.25) is 10.0 Å². The van der Waals surface area contributed by atoms with Crippen LogP contribution in [0.3, 0.4) is 0 Å². The summed E-state index contributed by atoms with van der Waals surface area (Å²) in [5.74, 6) is 0.106. The first-order chi connectivity index (χ1) is 9.85. The first kappa shape index (κ1) is 16.9. The van der Waals surface area contributed by atoms with Gasteiger partial charge in [0.25, 0.3) is 0 Å². The first-order valence-electron chi connectivity index (χ1n) is 6.21. The van der Waals surface area contributed by atoms with Crippen LogP contribution in [0, 0.1) is 0 Å². The zero-order chi connectivity index (χ0) is 15.7. The van der Waals surface area contributed by atoms with Crippen molar-refractivity contribution in [1.82, 2.24) is 0 Å². The minimum Gasteiger partial charge on any atom is -0.505 e. The van der Waals surface area contributed by atoms with E-state index in [0.29, 0.717) is 19.0 Å². The summed E-state index contributed by atoms with van der Waals surface area (Å²) in [6.45, 7) is 2.05. The van der Waals surface area contributed by atoms with Crippen molar-refractivity contribution >= 4 is 55.1 Å². The molecule has 6 heteroatoms. The molecule has 0 aliphatic carbocycles. The second-order valence-electron chi connectivity index (χ2n) is 4.63. The Morgan fingerprint density at radius 2 is 1.29 bits per heavy atom. The summed E-state index contributed by atoms with van der Waals surface area (Å²) in [4.78, 5) is 0. The molecule has 0 radical (unpaired) electrons. The SMILES string of the molecule is CCC(c1cc(Cl)c(O)c(Br)c1)c1cc(Cl)c(O)c(Br)c1. The van der Waals surface area contributed by atoms with Gasteiger partial charge in [-0.15, -0.1) is 0 Å². The number of hydrogen-bond acceptors (Lipinski definition) is 2. The number of phenolic OH excluding ortho intramolecular Hbond substituents is 2. The van der Waals surface area contributed by atoms with Crippen molar-refractivity contribution in [3.63, 3.8) is 0 Å². The fraction of sp³-hybridized carbons (Fsp3) is 0.200. The van der Waals surface area contributed by atoms with Gasteiger partial charge in [0.1, 0.15) is 11.5 Å². The maximum Gasteiger partial charge on any atom is 0.148 e. The van der Waals surface area contributed by atoms with E-state index < -0.39 is 0 Å². The van der Waals surface area contributed by atoms with Crippen LogP contribution in [-0.2, 0) is 0 Å². The summed E-state index contributed by atoms with van der Waals surface area (Å²) in [6, 6.07) is 7.16. The highest BCUT2D eigenvalue weighted by Crippen LogP contribution is 2.41. The normalized spacial score (nSPS) is 11.1. The third kappa shape index (κ3) is 3.50. The molecule has 0 atom stereocenters. The average Bonchev–Trinajstić information content (AvgIpc) is 2.42. The molecular weight excluding hydrogens is 443 g/mol. The lowest BCUT2D eigenvalue weighted by Crippen LogP contribution is -2.00. The second-order valence-corrected chi connectivity index (χ2v) is 7.15. The van der Waals surface area contributed by atoms with Crippen LogP contribution in [0.4, 0.5) is 0 Å². The second kappa shape index (κ2) is 6.78. The molecule has 0 spiro atoms. The smallest absolute Gasteiger partial charge is 0.148 e. The van der Waals surface area contributed by atoms with Crippen LogP contribution in [0.15, 0.2) is 33.2 Å². The molecule has 0 amide bonds. The Hall–Kier alpha value is -0.420. The minimum atomic E-state index is 0.0280. The average molecular weight is 455 g/mol. The zero-order valence-electron chi connectivity index (χ0n) is 11.0. The summed E-state index contributed by atoms with van der Waals surface area (Å²) in [6.07, 6.45) is 0.821. The van der Waals surface area contributed by atoms with Crippen molar-refractivity contribution < 1.29 is 10.2 Å². The molecule has 0 saturated carbocycles. The van der Waals surface area contributed by atoms with Crippen molar-refractivity contribution in [3.8, 4) is 11.5 Å². The van der Waals surface area contributed by atoms with Gasteiger partial charge in [0.15, 0.2) is 0 Å². The van der Waals surface area contributed by atoms with Crippen LogP contribution in [0.5, 0.6) is 11.5 Å². The van der Waals surface area contributed by atoms with Crippen molar-refractivity contribution in [2.75, 3.05) is 0 Å². The summed E-state index contributed by atoms with van der Waals surface area (Å²) >= 11 is 18.7. The molecule has 0 saturated heterocycles. The Kier molecular flexibility index (Phi) is 5.47. The fourth-order valence-electron chi connectivity index (χ4n) is 2.24. The Morgan fingerprint density at radius 3 is 1.57 bits per heavy atom. The first-order valence-corrected chi connectivity index (χ1v) is 8.55. The zero-order valence-corrected chi connectivity index (χ0v) is 15.7. The van der Waals surface area contributed by atoms with Gasteiger partial charge in [-0.1, -0.05) is 30.1 Å². The van der Waals surface area contributed by atoms with E-state index in [1.165, 1.54) is 0 Å². The highest BCUT2D eigenvalue weighted by atomic mass is 79.9. The topological polar surface area (TPSA) is 40.5 Å². The standard InChI is InChI=1S/C15H12Br2Cl2O2/c1-2-9(7-3-10(16)14(20)12(18)5-7)8-4-11(17)15(21)13(19)6-8/h3-6,9,20-21H,2H2,1H3. The molecule has 21 heavy (non-hydrogen) atoms. The summed E-state index contributed by atoms with van der Waals surface area (Å²) in [5.41, 5.74) is 1.92. The van der Waals surface area contributed by atoms with Crippen molar-refractivity contribution in [2.45, 2.75) is 19.3 Å². The maximum atomic E-state index is 9.74. The molecule has 2 aromatic carbocycles. The quantitative estimate of drug-likeness (QED) is 0.557.